The summed E-state index contributed by atoms with van der Waals surface area (Å²) < 4.78 is 4.57. The zero-order chi connectivity index (χ0) is 14.4. The van der Waals surface area contributed by atoms with Gasteiger partial charge in [0.05, 0.1) is 7.11 Å². The molecule has 0 aliphatic heterocycles. The number of carboxylic acid groups (broad SMARTS) is 1. The van der Waals surface area contributed by atoms with Crippen molar-refractivity contribution in [2.45, 2.75) is 20.3 Å². The molecule has 19 heavy (non-hydrogen) atoms. The summed E-state index contributed by atoms with van der Waals surface area (Å²) in [5.74, 6) is -1.25. The van der Waals surface area contributed by atoms with Gasteiger partial charge in [-0.15, -0.1) is 0 Å². The fraction of sp³-hybridized carbons (Fsp3) is 0.500. The van der Waals surface area contributed by atoms with Crippen LogP contribution in [0.3, 0.4) is 0 Å². The van der Waals surface area contributed by atoms with Crippen LogP contribution in [0.15, 0.2) is 6.07 Å². The summed E-state index contributed by atoms with van der Waals surface area (Å²) in [6, 6.07) is 1.64. The van der Waals surface area contributed by atoms with Gasteiger partial charge in [0.2, 0.25) is 5.82 Å². The van der Waals surface area contributed by atoms with E-state index in [0.29, 0.717) is 18.1 Å². The van der Waals surface area contributed by atoms with Gasteiger partial charge in [-0.1, -0.05) is 6.92 Å². The number of aliphatic carboxylic acids is 1. The third-order valence-electron chi connectivity index (χ3n) is 2.35. The lowest BCUT2D eigenvalue weighted by Gasteiger charge is -2.21. The molecule has 1 N–H and O–H groups in total. The molecule has 0 aliphatic carbocycles. The number of rotatable bonds is 6. The molecule has 7 nitrogen and oxygen atoms in total. The molecule has 0 atom stereocenters. The minimum Gasteiger partial charge on any atom is -0.480 e. The van der Waals surface area contributed by atoms with Crippen LogP contribution in [0.25, 0.3) is 0 Å². The highest BCUT2D eigenvalue weighted by molar-refractivity contribution is 5.85. The summed E-state index contributed by atoms with van der Waals surface area (Å²) in [7, 11) is 1.24. The number of carboxylic acids is 1. The topological polar surface area (TPSA) is 92.6 Å². The third-order valence-corrected chi connectivity index (χ3v) is 2.35. The number of methoxy groups -OCH3 is 1. The first kappa shape index (κ1) is 14.9. The molecule has 1 aromatic heterocycles. The van der Waals surface area contributed by atoms with Crippen molar-refractivity contribution in [2.75, 3.05) is 25.1 Å². The summed E-state index contributed by atoms with van der Waals surface area (Å²) in [6.45, 7) is 4.00. The number of hydrogen-bond donors (Lipinski definition) is 1. The molecule has 1 rings (SSSR count). The number of aryl methyl sites for hydroxylation is 1. The first-order valence-corrected chi connectivity index (χ1v) is 5.88. The monoisotopic (exact) mass is 267 g/mol. The number of ether oxygens (including phenoxy) is 1. The van der Waals surface area contributed by atoms with Crippen LogP contribution in [0.1, 0.15) is 29.7 Å². The van der Waals surface area contributed by atoms with E-state index in [0.717, 1.165) is 6.42 Å². The first-order chi connectivity index (χ1) is 8.97. The number of hydrogen-bond acceptors (Lipinski definition) is 6. The SMILES string of the molecule is CCCN(CC(=O)O)c1cc(C)nc(C(=O)OC)n1. The molecule has 1 aromatic rings. The molecule has 0 aromatic carbocycles. The van der Waals surface area contributed by atoms with E-state index in [1.165, 1.54) is 7.11 Å². The van der Waals surface area contributed by atoms with E-state index in [9.17, 15) is 9.59 Å². The Kier molecular flexibility index (Phi) is 5.23. The molecular weight excluding hydrogens is 250 g/mol. The zero-order valence-electron chi connectivity index (χ0n) is 11.2. The maximum absolute atomic E-state index is 11.4. The van der Waals surface area contributed by atoms with Gasteiger partial charge >= 0.3 is 11.9 Å². The maximum atomic E-state index is 11.4. The zero-order valence-corrected chi connectivity index (χ0v) is 11.2. The Labute approximate surface area is 111 Å². The highest BCUT2D eigenvalue weighted by Crippen LogP contribution is 2.13. The van der Waals surface area contributed by atoms with Crippen molar-refractivity contribution in [3.8, 4) is 0 Å². The third kappa shape index (κ3) is 4.20. The van der Waals surface area contributed by atoms with E-state index in [1.54, 1.807) is 17.9 Å². The van der Waals surface area contributed by atoms with Gasteiger partial charge in [0.1, 0.15) is 12.4 Å². The van der Waals surface area contributed by atoms with Crippen molar-refractivity contribution in [1.82, 2.24) is 9.97 Å². The lowest BCUT2D eigenvalue weighted by Crippen LogP contribution is -2.31. The van der Waals surface area contributed by atoms with Crippen LogP contribution in [0.2, 0.25) is 0 Å². The van der Waals surface area contributed by atoms with E-state index in [1.807, 2.05) is 6.92 Å². The molecule has 7 heteroatoms. The first-order valence-electron chi connectivity index (χ1n) is 5.88. The van der Waals surface area contributed by atoms with Crippen molar-refractivity contribution in [2.24, 2.45) is 0 Å². The molecule has 0 unspecified atom stereocenters. The van der Waals surface area contributed by atoms with E-state index in [-0.39, 0.29) is 12.4 Å². The Morgan fingerprint density at radius 2 is 2.11 bits per heavy atom. The molecule has 1 heterocycles. The van der Waals surface area contributed by atoms with Gasteiger partial charge in [0, 0.05) is 18.3 Å². The van der Waals surface area contributed by atoms with Gasteiger partial charge < -0.3 is 14.7 Å². The predicted octanol–water partition coefficient (Wildman–Crippen LogP) is 0.873. The second-order valence-corrected chi connectivity index (χ2v) is 4.00. The van der Waals surface area contributed by atoms with Crippen LogP contribution < -0.4 is 4.90 Å². The second kappa shape index (κ2) is 6.67. The van der Waals surface area contributed by atoms with Crippen LogP contribution in [0.4, 0.5) is 5.82 Å². The van der Waals surface area contributed by atoms with E-state index in [2.05, 4.69) is 14.7 Å². The fourth-order valence-corrected chi connectivity index (χ4v) is 1.60. The second-order valence-electron chi connectivity index (χ2n) is 4.00. The smallest absolute Gasteiger partial charge is 0.376 e. The largest absolute Gasteiger partial charge is 0.480 e. The highest BCUT2D eigenvalue weighted by Gasteiger charge is 2.16. The molecule has 0 fully saturated rings. The number of carbonyl (C=O) groups is 2. The number of esters is 1. The number of aromatic nitrogens is 2. The molecular formula is C12H17N3O4. The molecule has 0 saturated heterocycles. The highest BCUT2D eigenvalue weighted by atomic mass is 16.5. The lowest BCUT2D eigenvalue weighted by atomic mass is 10.3. The van der Waals surface area contributed by atoms with Crippen LogP contribution in [0.5, 0.6) is 0 Å². The predicted molar refractivity (Wildman–Crippen MR) is 68.2 cm³/mol. The minimum absolute atomic E-state index is 0.0657. The molecule has 0 bridgehead atoms. The standard InChI is InChI=1S/C12H17N3O4/c1-4-5-15(7-10(16)17)9-6-8(2)13-11(14-9)12(18)19-3/h6H,4-5,7H2,1-3H3,(H,16,17). The fourth-order valence-electron chi connectivity index (χ4n) is 1.60. The molecule has 104 valence electrons. The summed E-state index contributed by atoms with van der Waals surface area (Å²) in [5.41, 5.74) is 0.580. The average molecular weight is 267 g/mol. The summed E-state index contributed by atoms with van der Waals surface area (Å²) in [5, 5.41) is 8.89. The van der Waals surface area contributed by atoms with Gasteiger partial charge in [0.15, 0.2) is 0 Å². The summed E-state index contributed by atoms with van der Waals surface area (Å²) >= 11 is 0. The van der Waals surface area contributed by atoms with Gasteiger partial charge in [0.25, 0.3) is 0 Å². The Morgan fingerprint density at radius 3 is 2.63 bits per heavy atom. The summed E-state index contributed by atoms with van der Waals surface area (Å²) in [4.78, 5) is 31.9. The Balaban J connectivity index is 3.11. The van der Waals surface area contributed by atoms with Crippen LogP contribution >= 0.6 is 0 Å². The minimum atomic E-state index is -0.954. The van der Waals surface area contributed by atoms with Crippen LogP contribution in [-0.2, 0) is 9.53 Å². The molecule has 0 saturated carbocycles. The number of carbonyl (C=O) groups excluding carboxylic acids is 1. The molecule has 0 radical (unpaired) electrons. The van der Waals surface area contributed by atoms with Crippen molar-refractivity contribution in [1.29, 1.82) is 0 Å². The van der Waals surface area contributed by atoms with Crippen LogP contribution in [-0.4, -0.2) is 47.2 Å². The van der Waals surface area contributed by atoms with Crippen molar-refractivity contribution in [3.05, 3.63) is 17.6 Å². The van der Waals surface area contributed by atoms with Crippen molar-refractivity contribution in [3.63, 3.8) is 0 Å². The quantitative estimate of drug-likeness (QED) is 0.764. The number of anilines is 1. The maximum Gasteiger partial charge on any atom is 0.376 e. The van der Waals surface area contributed by atoms with E-state index < -0.39 is 11.9 Å². The molecule has 0 amide bonds. The number of nitrogens with zero attached hydrogens (tertiary/aromatic N) is 3. The van der Waals surface area contributed by atoms with Gasteiger partial charge in [-0.05, 0) is 13.3 Å². The van der Waals surface area contributed by atoms with E-state index in [4.69, 9.17) is 5.11 Å². The molecule has 0 aliphatic rings. The Morgan fingerprint density at radius 1 is 1.42 bits per heavy atom. The van der Waals surface area contributed by atoms with Crippen LogP contribution in [0, 0.1) is 6.92 Å². The van der Waals surface area contributed by atoms with Gasteiger partial charge in [-0.2, -0.15) is 0 Å². The summed E-state index contributed by atoms with van der Waals surface area (Å²) in [6.07, 6.45) is 0.768. The van der Waals surface area contributed by atoms with Crippen molar-refractivity contribution < 1.29 is 19.4 Å². The molecule has 0 spiro atoms. The Hall–Kier alpha value is -2.18. The lowest BCUT2D eigenvalue weighted by molar-refractivity contribution is -0.135. The average Bonchev–Trinajstić information content (AvgIpc) is 2.36. The van der Waals surface area contributed by atoms with Gasteiger partial charge in [-0.25, -0.2) is 14.8 Å². The van der Waals surface area contributed by atoms with Gasteiger partial charge in [-0.3, -0.25) is 4.79 Å². The normalized spacial score (nSPS) is 10.1. The van der Waals surface area contributed by atoms with E-state index >= 15 is 0 Å². The Bertz CT molecular complexity index is 476. The van der Waals surface area contributed by atoms with Crippen molar-refractivity contribution >= 4 is 17.8 Å².